The van der Waals surface area contributed by atoms with Gasteiger partial charge in [-0.1, -0.05) is 13.8 Å². The zero-order valence-electron chi connectivity index (χ0n) is 15.9. The number of carbonyl (C=O) groups excluding carboxylic acids is 1. The molecule has 0 amide bonds. The van der Waals surface area contributed by atoms with E-state index >= 15 is 0 Å². The molecule has 1 unspecified atom stereocenters. The van der Waals surface area contributed by atoms with Gasteiger partial charge in [0.2, 0.25) is 0 Å². The summed E-state index contributed by atoms with van der Waals surface area (Å²) in [5.41, 5.74) is 3.72. The van der Waals surface area contributed by atoms with Gasteiger partial charge in [-0.3, -0.25) is 4.79 Å². The zero-order valence-corrected chi connectivity index (χ0v) is 15.9. The first-order valence-corrected chi connectivity index (χ1v) is 8.66. The molecule has 0 bridgehead atoms. The number of ketones is 1. The molecule has 5 nitrogen and oxygen atoms in total. The monoisotopic (exact) mass is 352 g/mol. The van der Waals surface area contributed by atoms with Gasteiger partial charge in [-0.2, -0.15) is 5.26 Å². The van der Waals surface area contributed by atoms with Crippen molar-refractivity contribution in [1.29, 1.82) is 5.26 Å². The van der Waals surface area contributed by atoms with Gasteiger partial charge in [-0.25, -0.2) is 0 Å². The quantitative estimate of drug-likeness (QED) is 0.895. The molecule has 0 radical (unpaired) electrons. The minimum absolute atomic E-state index is 0.0933. The molecule has 136 valence electrons. The fraction of sp³-hybridized carbons (Fsp3) is 0.429. The molecule has 26 heavy (non-hydrogen) atoms. The first kappa shape index (κ1) is 18.1. The molecule has 0 aromatic heterocycles. The first-order chi connectivity index (χ1) is 12.3. The molecule has 2 aliphatic rings. The van der Waals surface area contributed by atoms with E-state index in [1.807, 2.05) is 19.1 Å². The third kappa shape index (κ3) is 3.08. The molecule has 0 spiro atoms. The summed E-state index contributed by atoms with van der Waals surface area (Å²) in [6, 6.07) is 7.84. The lowest BCUT2D eigenvalue weighted by Crippen LogP contribution is -2.36. The number of hydrogen-bond acceptors (Lipinski definition) is 5. The standard InChI is InChI=1S/C21H24N2O3/c1-12-16(11-22)19(13-6-14(25-4)8-15(7-13)26-5)20-17(23-12)9-21(2,3)10-18(20)24/h6-8,19,23H,9-10H2,1-5H3. The van der Waals surface area contributed by atoms with E-state index < -0.39 is 5.92 Å². The number of nitrogens with one attached hydrogen (secondary N) is 1. The Morgan fingerprint density at radius 1 is 1.15 bits per heavy atom. The summed E-state index contributed by atoms with van der Waals surface area (Å²) in [7, 11) is 3.18. The van der Waals surface area contributed by atoms with E-state index in [1.54, 1.807) is 20.3 Å². The van der Waals surface area contributed by atoms with Crippen molar-refractivity contribution in [3.8, 4) is 17.6 Å². The number of ether oxygens (including phenoxy) is 2. The Labute approximate surface area is 154 Å². The van der Waals surface area contributed by atoms with Crippen molar-refractivity contribution in [1.82, 2.24) is 5.32 Å². The SMILES string of the molecule is COc1cc(OC)cc(C2C(C#N)=C(C)NC3=C2C(=O)CC(C)(C)C3)c1. The minimum atomic E-state index is -0.399. The largest absolute Gasteiger partial charge is 0.497 e. The lowest BCUT2D eigenvalue weighted by molar-refractivity contribution is -0.118. The molecule has 1 heterocycles. The predicted octanol–water partition coefficient (Wildman–Crippen LogP) is 3.83. The molecule has 1 N–H and O–H groups in total. The molecule has 1 atom stereocenters. The van der Waals surface area contributed by atoms with Crippen LogP contribution in [0.1, 0.15) is 45.1 Å². The maximum Gasteiger partial charge on any atom is 0.162 e. The zero-order chi connectivity index (χ0) is 19.1. The van der Waals surface area contributed by atoms with Crippen molar-refractivity contribution < 1.29 is 14.3 Å². The highest BCUT2D eigenvalue weighted by molar-refractivity contribution is 6.00. The molecule has 3 rings (SSSR count). The van der Waals surface area contributed by atoms with Crippen LogP contribution in [0.5, 0.6) is 11.5 Å². The van der Waals surface area contributed by atoms with E-state index in [0.29, 0.717) is 29.1 Å². The summed E-state index contributed by atoms with van der Waals surface area (Å²) in [5, 5.41) is 13.1. The Balaban J connectivity index is 2.22. The van der Waals surface area contributed by atoms with Crippen LogP contribution in [0, 0.1) is 16.7 Å². The lowest BCUT2D eigenvalue weighted by Gasteiger charge is -2.38. The first-order valence-electron chi connectivity index (χ1n) is 8.66. The molecule has 0 saturated heterocycles. The van der Waals surface area contributed by atoms with E-state index in [1.165, 1.54) is 0 Å². The number of allylic oxidation sites excluding steroid dienone is 4. The summed E-state index contributed by atoms with van der Waals surface area (Å²) in [6.45, 7) is 6.08. The second kappa shape index (κ2) is 6.53. The van der Waals surface area contributed by atoms with Gasteiger partial charge < -0.3 is 14.8 Å². The number of nitriles is 1. The Kier molecular flexibility index (Phi) is 4.53. The molecule has 5 heteroatoms. The fourth-order valence-electron chi connectivity index (χ4n) is 3.91. The average Bonchev–Trinajstić information content (AvgIpc) is 2.58. The summed E-state index contributed by atoms with van der Waals surface area (Å²) in [6.07, 6.45) is 1.25. The van der Waals surface area contributed by atoms with Crippen molar-refractivity contribution in [2.45, 2.75) is 39.5 Å². The van der Waals surface area contributed by atoms with Crippen LogP contribution in [-0.4, -0.2) is 20.0 Å². The third-order valence-corrected chi connectivity index (χ3v) is 5.07. The number of methoxy groups -OCH3 is 2. The molecular formula is C21H24N2O3. The van der Waals surface area contributed by atoms with Crippen LogP contribution in [0.2, 0.25) is 0 Å². The highest BCUT2D eigenvalue weighted by Gasteiger charge is 2.41. The molecule has 1 aliphatic heterocycles. The Morgan fingerprint density at radius 2 is 1.77 bits per heavy atom. The van der Waals surface area contributed by atoms with Crippen molar-refractivity contribution >= 4 is 5.78 Å². The maximum absolute atomic E-state index is 13.0. The van der Waals surface area contributed by atoms with E-state index in [4.69, 9.17) is 9.47 Å². The van der Waals surface area contributed by atoms with Crippen LogP contribution in [0.15, 0.2) is 40.7 Å². The molecular weight excluding hydrogens is 328 g/mol. The average molecular weight is 352 g/mol. The number of carbonyl (C=O) groups is 1. The smallest absolute Gasteiger partial charge is 0.162 e. The van der Waals surface area contributed by atoms with Crippen molar-refractivity contribution in [3.63, 3.8) is 0 Å². The number of nitrogens with zero attached hydrogens (tertiary/aromatic N) is 1. The van der Waals surface area contributed by atoms with Gasteiger partial charge in [0.1, 0.15) is 11.5 Å². The number of rotatable bonds is 3. The van der Waals surface area contributed by atoms with Crippen LogP contribution in [0.4, 0.5) is 0 Å². The van der Waals surface area contributed by atoms with Crippen LogP contribution in [-0.2, 0) is 4.79 Å². The molecule has 1 aromatic carbocycles. The minimum Gasteiger partial charge on any atom is -0.497 e. The van der Waals surface area contributed by atoms with Gasteiger partial charge in [-0.05, 0) is 36.5 Å². The van der Waals surface area contributed by atoms with Gasteiger partial charge >= 0.3 is 0 Å². The summed E-state index contributed by atoms with van der Waals surface area (Å²) >= 11 is 0. The number of benzene rings is 1. The second-order valence-electron chi connectivity index (χ2n) is 7.69. The highest BCUT2D eigenvalue weighted by atomic mass is 16.5. The fourth-order valence-corrected chi connectivity index (χ4v) is 3.91. The maximum atomic E-state index is 13.0. The van der Waals surface area contributed by atoms with Gasteiger partial charge in [0.15, 0.2) is 5.78 Å². The Bertz CT molecular complexity index is 849. The van der Waals surface area contributed by atoms with Crippen LogP contribution < -0.4 is 14.8 Å². The number of dihydropyridines is 1. The molecule has 1 aliphatic carbocycles. The molecule has 1 aromatic rings. The Morgan fingerprint density at radius 3 is 2.31 bits per heavy atom. The van der Waals surface area contributed by atoms with Gasteiger partial charge in [0.25, 0.3) is 0 Å². The topological polar surface area (TPSA) is 71.3 Å². The molecule has 0 saturated carbocycles. The Hall–Kier alpha value is -2.74. The van der Waals surface area contributed by atoms with Gasteiger partial charge in [0, 0.05) is 29.5 Å². The summed E-state index contributed by atoms with van der Waals surface area (Å²) in [5.74, 6) is 0.969. The third-order valence-electron chi connectivity index (χ3n) is 5.07. The van der Waals surface area contributed by atoms with Crippen LogP contribution in [0.3, 0.4) is 0 Å². The number of Topliss-reactive ketones (excluding diaryl/α,β-unsaturated/α-hetero) is 1. The van der Waals surface area contributed by atoms with E-state index in [-0.39, 0.29) is 11.2 Å². The normalized spacial score (nSPS) is 21.7. The van der Waals surface area contributed by atoms with Crippen molar-refractivity contribution in [2.24, 2.45) is 5.41 Å². The summed E-state index contributed by atoms with van der Waals surface area (Å²) < 4.78 is 10.8. The van der Waals surface area contributed by atoms with Crippen LogP contribution in [0.25, 0.3) is 0 Å². The van der Waals surface area contributed by atoms with E-state index in [2.05, 4.69) is 25.2 Å². The predicted molar refractivity (Wildman–Crippen MR) is 98.8 cm³/mol. The van der Waals surface area contributed by atoms with E-state index in [0.717, 1.165) is 23.4 Å². The van der Waals surface area contributed by atoms with Crippen LogP contribution >= 0.6 is 0 Å². The summed E-state index contributed by atoms with van der Waals surface area (Å²) in [4.78, 5) is 13.0. The van der Waals surface area contributed by atoms with Gasteiger partial charge in [-0.15, -0.1) is 0 Å². The number of hydrogen-bond donors (Lipinski definition) is 1. The molecule has 0 fully saturated rings. The van der Waals surface area contributed by atoms with Crippen molar-refractivity contribution in [2.75, 3.05) is 14.2 Å². The van der Waals surface area contributed by atoms with Gasteiger partial charge in [0.05, 0.1) is 31.8 Å². The van der Waals surface area contributed by atoms with E-state index in [9.17, 15) is 10.1 Å². The lowest BCUT2D eigenvalue weighted by atomic mass is 9.69. The second-order valence-corrected chi connectivity index (χ2v) is 7.69. The highest BCUT2D eigenvalue weighted by Crippen LogP contribution is 2.47. The van der Waals surface area contributed by atoms with Crippen molar-refractivity contribution in [3.05, 3.63) is 46.3 Å².